The first-order valence-electron chi connectivity index (χ1n) is 6.26. The average Bonchev–Trinajstić information content (AvgIpc) is 2.32. The maximum atomic E-state index is 9.85. The minimum absolute atomic E-state index is 0.119. The van der Waals surface area contributed by atoms with Gasteiger partial charge in [0.05, 0.1) is 11.8 Å². The van der Waals surface area contributed by atoms with Crippen LogP contribution in [0.5, 0.6) is 0 Å². The van der Waals surface area contributed by atoms with Gasteiger partial charge >= 0.3 is 0 Å². The van der Waals surface area contributed by atoms with E-state index in [2.05, 4.69) is 26.2 Å². The number of rotatable bonds is 4. The Morgan fingerprint density at radius 2 is 2.18 bits per heavy atom. The quantitative estimate of drug-likeness (QED) is 0.840. The van der Waals surface area contributed by atoms with Gasteiger partial charge in [0.2, 0.25) is 0 Å². The molecule has 3 nitrogen and oxygen atoms in total. The molecule has 0 spiro atoms. The van der Waals surface area contributed by atoms with Gasteiger partial charge in [-0.1, -0.05) is 18.9 Å². The molecule has 94 valence electrons. The van der Waals surface area contributed by atoms with E-state index in [1.807, 2.05) is 18.2 Å². The van der Waals surface area contributed by atoms with Crippen molar-refractivity contribution in [1.29, 1.82) is 0 Å². The van der Waals surface area contributed by atoms with Gasteiger partial charge in [0.1, 0.15) is 4.60 Å². The lowest BCUT2D eigenvalue weighted by molar-refractivity contribution is 0.0694. The van der Waals surface area contributed by atoms with Crippen LogP contribution in [0.15, 0.2) is 22.8 Å². The number of aliphatic hydroxyl groups is 1. The largest absolute Gasteiger partial charge is 0.393 e. The standard InChI is InChI=1S/C13H19BrN2O/c14-13-7-3-5-11(16-13)9-15-8-10-4-1-2-6-12(10)17/h3,5,7,10,12,15,17H,1-2,4,6,8-9H2. The van der Waals surface area contributed by atoms with Crippen molar-refractivity contribution in [1.82, 2.24) is 10.3 Å². The van der Waals surface area contributed by atoms with Crippen LogP contribution in [0.3, 0.4) is 0 Å². The van der Waals surface area contributed by atoms with Gasteiger partial charge in [0.15, 0.2) is 0 Å². The number of halogens is 1. The summed E-state index contributed by atoms with van der Waals surface area (Å²) >= 11 is 3.36. The van der Waals surface area contributed by atoms with Gasteiger partial charge in [-0.15, -0.1) is 0 Å². The van der Waals surface area contributed by atoms with Gasteiger partial charge in [0.25, 0.3) is 0 Å². The van der Waals surface area contributed by atoms with E-state index in [1.54, 1.807) is 0 Å². The first-order valence-corrected chi connectivity index (χ1v) is 7.05. The summed E-state index contributed by atoms with van der Waals surface area (Å²) in [7, 11) is 0. The molecule has 0 bridgehead atoms. The number of hydrogen-bond donors (Lipinski definition) is 2. The second-order valence-electron chi connectivity index (χ2n) is 4.69. The lowest BCUT2D eigenvalue weighted by Gasteiger charge is -2.27. The molecule has 1 heterocycles. The van der Waals surface area contributed by atoms with Gasteiger partial charge in [-0.25, -0.2) is 4.98 Å². The Hall–Kier alpha value is -0.450. The molecule has 1 fully saturated rings. The van der Waals surface area contributed by atoms with Crippen LogP contribution in [0, 0.1) is 5.92 Å². The number of nitrogens with one attached hydrogen (secondary N) is 1. The maximum absolute atomic E-state index is 9.85. The highest BCUT2D eigenvalue weighted by molar-refractivity contribution is 9.10. The van der Waals surface area contributed by atoms with E-state index < -0.39 is 0 Å². The predicted octanol–water partition coefficient (Wildman–Crippen LogP) is 2.48. The van der Waals surface area contributed by atoms with E-state index in [0.29, 0.717) is 5.92 Å². The molecule has 0 saturated heterocycles. The van der Waals surface area contributed by atoms with Crippen LogP contribution in [0.1, 0.15) is 31.4 Å². The minimum Gasteiger partial charge on any atom is -0.393 e. The molecule has 1 aromatic heterocycles. The van der Waals surface area contributed by atoms with E-state index in [0.717, 1.165) is 36.2 Å². The van der Waals surface area contributed by atoms with Crippen molar-refractivity contribution >= 4 is 15.9 Å². The van der Waals surface area contributed by atoms with Crippen LogP contribution in [-0.4, -0.2) is 22.7 Å². The highest BCUT2D eigenvalue weighted by Gasteiger charge is 2.22. The Kier molecular flexibility index (Phi) is 4.95. The Morgan fingerprint density at radius 1 is 1.35 bits per heavy atom. The summed E-state index contributed by atoms with van der Waals surface area (Å²) in [6.45, 7) is 1.65. The molecule has 1 aromatic rings. The third-order valence-electron chi connectivity index (χ3n) is 3.35. The van der Waals surface area contributed by atoms with E-state index in [4.69, 9.17) is 0 Å². The number of aromatic nitrogens is 1. The summed E-state index contributed by atoms with van der Waals surface area (Å²) in [6.07, 6.45) is 4.40. The van der Waals surface area contributed by atoms with Gasteiger partial charge in [-0.05, 0) is 46.8 Å². The normalized spacial score (nSPS) is 24.8. The Balaban J connectivity index is 1.75. The van der Waals surface area contributed by atoms with Crippen molar-refractivity contribution in [3.05, 3.63) is 28.5 Å². The predicted molar refractivity (Wildman–Crippen MR) is 71.6 cm³/mol. The minimum atomic E-state index is -0.119. The van der Waals surface area contributed by atoms with Crippen LogP contribution in [-0.2, 0) is 6.54 Å². The monoisotopic (exact) mass is 298 g/mol. The van der Waals surface area contributed by atoms with Crippen molar-refractivity contribution in [2.75, 3.05) is 6.54 Å². The molecule has 0 aliphatic heterocycles. The Bertz CT molecular complexity index is 359. The topological polar surface area (TPSA) is 45.1 Å². The molecule has 17 heavy (non-hydrogen) atoms. The zero-order valence-electron chi connectivity index (χ0n) is 9.90. The molecule has 0 radical (unpaired) electrons. The summed E-state index contributed by atoms with van der Waals surface area (Å²) in [5, 5.41) is 13.2. The third kappa shape index (κ3) is 4.05. The summed E-state index contributed by atoms with van der Waals surface area (Å²) in [5.74, 6) is 0.413. The SMILES string of the molecule is OC1CCCCC1CNCc1cccc(Br)n1. The van der Waals surface area contributed by atoms with Crippen molar-refractivity contribution in [2.45, 2.75) is 38.3 Å². The van der Waals surface area contributed by atoms with E-state index in [-0.39, 0.29) is 6.10 Å². The summed E-state index contributed by atoms with van der Waals surface area (Å²) < 4.78 is 0.870. The highest BCUT2D eigenvalue weighted by Crippen LogP contribution is 2.23. The van der Waals surface area contributed by atoms with E-state index in [9.17, 15) is 5.11 Å². The first-order chi connectivity index (χ1) is 8.25. The maximum Gasteiger partial charge on any atom is 0.106 e. The summed E-state index contributed by atoms with van der Waals surface area (Å²) in [4.78, 5) is 4.37. The molecule has 1 aliphatic rings. The second kappa shape index (κ2) is 6.47. The average molecular weight is 299 g/mol. The molecule has 2 rings (SSSR count). The lowest BCUT2D eigenvalue weighted by Crippen LogP contribution is -2.33. The number of nitrogens with zero attached hydrogens (tertiary/aromatic N) is 1. The van der Waals surface area contributed by atoms with Crippen molar-refractivity contribution in [3.63, 3.8) is 0 Å². The van der Waals surface area contributed by atoms with Crippen molar-refractivity contribution in [2.24, 2.45) is 5.92 Å². The van der Waals surface area contributed by atoms with Gasteiger partial charge < -0.3 is 10.4 Å². The van der Waals surface area contributed by atoms with Crippen LogP contribution in [0.25, 0.3) is 0 Å². The van der Waals surface area contributed by atoms with Crippen LogP contribution >= 0.6 is 15.9 Å². The number of pyridine rings is 1. The molecule has 2 N–H and O–H groups in total. The van der Waals surface area contributed by atoms with E-state index in [1.165, 1.54) is 12.8 Å². The van der Waals surface area contributed by atoms with Crippen molar-refractivity contribution in [3.8, 4) is 0 Å². The van der Waals surface area contributed by atoms with Crippen LogP contribution in [0.2, 0.25) is 0 Å². The fourth-order valence-corrected chi connectivity index (χ4v) is 2.74. The number of aliphatic hydroxyl groups excluding tert-OH is 1. The molecule has 0 aromatic carbocycles. The molecular formula is C13H19BrN2O. The molecule has 2 unspecified atom stereocenters. The summed E-state index contributed by atoms with van der Waals surface area (Å²) in [6, 6.07) is 5.92. The molecule has 1 aliphatic carbocycles. The third-order valence-corrected chi connectivity index (χ3v) is 3.80. The second-order valence-corrected chi connectivity index (χ2v) is 5.51. The fraction of sp³-hybridized carbons (Fsp3) is 0.615. The first kappa shape index (κ1) is 13.0. The Morgan fingerprint density at radius 3 is 2.94 bits per heavy atom. The molecular weight excluding hydrogens is 280 g/mol. The zero-order chi connectivity index (χ0) is 12.1. The summed E-state index contributed by atoms with van der Waals surface area (Å²) in [5.41, 5.74) is 1.03. The van der Waals surface area contributed by atoms with Gasteiger partial charge in [-0.2, -0.15) is 0 Å². The molecule has 0 amide bonds. The van der Waals surface area contributed by atoms with Crippen LogP contribution < -0.4 is 5.32 Å². The smallest absolute Gasteiger partial charge is 0.106 e. The molecule has 1 saturated carbocycles. The number of hydrogen-bond acceptors (Lipinski definition) is 3. The fourth-order valence-electron chi connectivity index (χ4n) is 2.36. The van der Waals surface area contributed by atoms with Gasteiger partial charge in [-0.3, -0.25) is 0 Å². The van der Waals surface area contributed by atoms with E-state index >= 15 is 0 Å². The molecule has 4 heteroatoms. The van der Waals surface area contributed by atoms with Gasteiger partial charge in [0, 0.05) is 13.1 Å². The van der Waals surface area contributed by atoms with Crippen LogP contribution in [0.4, 0.5) is 0 Å². The zero-order valence-corrected chi connectivity index (χ0v) is 11.5. The Labute approximate surface area is 111 Å². The molecule has 2 atom stereocenters. The van der Waals surface area contributed by atoms with Crippen molar-refractivity contribution < 1.29 is 5.11 Å². The lowest BCUT2D eigenvalue weighted by atomic mass is 9.86. The highest BCUT2D eigenvalue weighted by atomic mass is 79.9.